The zero-order valence-corrected chi connectivity index (χ0v) is 11.9. The second-order valence-corrected chi connectivity index (χ2v) is 5.83. The fourth-order valence-electron chi connectivity index (χ4n) is 3.31. The Morgan fingerprint density at radius 3 is 2.67 bits per heavy atom. The van der Waals surface area contributed by atoms with Gasteiger partial charge in [0.25, 0.3) is 0 Å². The minimum Gasteiger partial charge on any atom is -0.435 e. The Balaban J connectivity index is 1.63. The molecule has 1 heterocycles. The monoisotopic (exact) mass is 297 g/mol. The number of fused-ring (bicyclic) bond motifs is 1. The lowest BCUT2D eigenvalue weighted by Gasteiger charge is -2.29. The predicted molar refractivity (Wildman–Crippen MR) is 75.5 cm³/mol. The summed E-state index contributed by atoms with van der Waals surface area (Å²) < 4.78 is 34.7. The van der Waals surface area contributed by atoms with E-state index in [-0.39, 0.29) is 11.9 Å². The fourth-order valence-corrected chi connectivity index (χ4v) is 3.31. The van der Waals surface area contributed by atoms with E-state index in [0.29, 0.717) is 12.0 Å². The molecule has 3 unspecified atom stereocenters. The predicted octanol–water partition coefficient (Wildman–Crippen LogP) is 3.51. The van der Waals surface area contributed by atoms with Crippen LogP contribution in [0, 0.1) is 5.92 Å². The molecule has 0 radical (unpaired) electrons. The van der Waals surface area contributed by atoms with Gasteiger partial charge in [-0.2, -0.15) is 8.78 Å². The zero-order chi connectivity index (χ0) is 14.7. The van der Waals surface area contributed by atoms with E-state index >= 15 is 0 Å². The van der Waals surface area contributed by atoms with Gasteiger partial charge in [-0.25, -0.2) is 0 Å². The number of benzene rings is 1. The molecule has 3 rings (SSSR count). The van der Waals surface area contributed by atoms with Crippen molar-refractivity contribution in [2.24, 2.45) is 5.92 Å². The summed E-state index contributed by atoms with van der Waals surface area (Å²) in [5.41, 5.74) is 1.00. The lowest BCUT2D eigenvalue weighted by Crippen LogP contribution is -2.38. The van der Waals surface area contributed by atoms with Gasteiger partial charge in [-0.3, -0.25) is 0 Å². The van der Waals surface area contributed by atoms with Gasteiger partial charge in [0.2, 0.25) is 0 Å². The molecular formula is C16H21F2NO2. The second-order valence-electron chi connectivity index (χ2n) is 5.83. The molecule has 116 valence electrons. The molecule has 1 aliphatic heterocycles. The molecular weight excluding hydrogens is 276 g/mol. The Labute approximate surface area is 123 Å². The highest BCUT2D eigenvalue weighted by Crippen LogP contribution is 2.30. The zero-order valence-electron chi connectivity index (χ0n) is 11.9. The van der Waals surface area contributed by atoms with Crippen LogP contribution in [0.3, 0.4) is 0 Å². The minimum absolute atomic E-state index is 0.0174. The van der Waals surface area contributed by atoms with E-state index in [1.54, 1.807) is 24.3 Å². The first-order valence-electron chi connectivity index (χ1n) is 7.62. The average molecular weight is 297 g/mol. The van der Waals surface area contributed by atoms with Crippen LogP contribution in [0.5, 0.6) is 5.75 Å². The molecule has 3 atom stereocenters. The number of nitrogens with one attached hydrogen (secondary N) is 1. The summed E-state index contributed by atoms with van der Waals surface area (Å²) >= 11 is 0. The number of alkyl halides is 2. The highest BCUT2D eigenvalue weighted by atomic mass is 19.3. The van der Waals surface area contributed by atoms with Gasteiger partial charge in [0.1, 0.15) is 5.75 Å². The topological polar surface area (TPSA) is 30.5 Å². The molecule has 1 N–H and O–H groups in total. The third-order valence-corrected chi connectivity index (χ3v) is 4.46. The number of ether oxygens (including phenoxy) is 2. The summed E-state index contributed by atoms with van der Waals surface area (Å²) in [5.74, 6) is 0.786. The molecule has 1 saturated heterocycles. The number of hydrogen-bond acceptors (Lipinski definition) is 3. The molecule has 0 bridgehead atoms. The Morgan fingerprint density at radius 1 is 1.14 bits per heavy atom. The lowest BCUT2D eigenvalue weighted by molar-refractivity contribution is -0.0498. The first-order valence-corrected chi connectivity index (χ1v) is 7.62. The van der Waals surface area contributed by atoms with Gasteiger partial charge < -0.3 is 14.8 Å². The highest BCUT2D eigenvalue weighted by molar-refractivity contribution is 5.29. The second kappa shape index (κ2) is 6.71. The number of hydrogen-bond donors (Lipinski definition) is 1. The Kier molecular flexibility index (Phi) is 4.70. The van der Waals surface area contributed by atoms with Crippen molar-refractivity contribution in [3.63, 3.8) is 0 Å². The minimum atomic E-state index is -2.78. The van der Waals surface area contributed by atoms with Crippen LogP contribution in [0.15, 0.2) is 24.3 Å². The maximum absolute atomic E-state index is 12.1. The molecule has 1 aromatic carbocycles. The van der Waals surface area contributed by atoms with Crippen LogP contribution < -0.4 is 10.1 Å². The summed E-state index contributed by atoms with van der Waals surface area (Å²) in [5, 5.41) is 3.60. The molecule has 21 heavy (non-hydrogen) atoms. The van der Waals surface area contributed by atoms with Crippen LogP contribution in [-0.2, 0) is 4.74 Å². The first kappa shape index (κ1) is 14.7. The molecule has 1 saturated carbocycles. The van der Waals surface area contributed by atoms with Gasteiger partial charge in [0.05, 0.1) is 12.7 Å². The molecule has 0 aromatic heterocycles. The quantitative estimate of drug-likeness (QED) is 0.926. The Morgan fingerprint density at radius 2 is 1.90 bits per heavy atom. The molecule has 2 fully saturated rings. The average Bonchev–Trinajstić information content (AvgIpc) is 2.70. The van der Waals surface area contributed by atoms with E-state index in [9.17, 15) is 8.78 Å². The van der Waals surface area contributed by atoms with Crippen LogP contribution in [-0.4, -0.2) is 25.8 Å². The Bertz CT molecular complexity index is 436. The smallest absolute Gasteiger partial charge is 0.387 e. The third-order valence-electron chi connectivity index (χ3n) is 4.46. The molecule has 0 spiro atoms. The standard InChI is InChI=1S/C16H21F2NO2/c17-16(18)21-13-7-5-11(6-8-13)15-9-19-14-4-2-1-3-12(14)10-20-15/h5-8,12,14-16,19H,1-4,9-10H2. The molecule has 3 nitrogen and oxygen atoms in total. The maximum atomic E-state index is 12.1. The van der Waals surface area contributed by atoms with Crippen LogP contribution in [0.25, 0.3) is 0 Å². The van der Waals surface area contributed by atoms with Crippen molar-refractivity contribution in [1.29, 1.82) is 0 Å². The lowest BCUT2D eigenvalue weighted by atomic mass is 9.85. The summed E-state index contributed by atoms with van der Waals surface area (Å²) in [4.78, 5) is 0. The number of halogens is 2. The van der Waals surface area contributed by atoms with Crippen molar-refractivity contribution >= 4 is 0 Å². The highest BCUT2D eigenvalue weighted by Gasteiger charge is 2.30. The summed E-state index contributed by atoms with van der Waals surface area (Å²) in [7, 11) is 0. The van der Waals surface area contributed by atoms with Crippen molar-refractivity contribution in [1.82, 2.24) is 5.32 Å². The molecule has 1 aromatic rings. The first-order chi connectivity index (χ1) is 10.2. The summed E-state index contributed by atoms with van der Waals surface area (Å²) in [6.45, 7) is -1.23. The molecule has 2 aliphatic rings. The van der Waals surface area contributed by atoms with E-state index < -0.39 is 6.61 Å². The van der Waals surface area contributed by atoms with E-state index in [1.165, 1.54) is 25.7 Å². The van der Waals surface area contributed by atoms with Gasteiger partial charge in [-0.15, -0.1) is 0 Å². The summed E-state index contributed by atoms with van der Waals surface area (Å²) in [6.07, 6.45) is 5.01. The maximum Gasteiger partial charge on any atom is 0.387 e. The largest absolute Gasteiger partial charge is 0.435 e. The van der Waals surface area contributed by atoms with Gasteiger partial charge >= 0.3 is 6.61 Å². The fraction of sp³-hybridized carbons (Fsp3) is 0.625. The van der Waals surface area contributed by atoms with Gasteiger partial charge in [-0.05, 0) is 36.5 Å². The van der Waals surface area contributed by atoms with E-state index in [1.807, 2.05) is 0 Å². The van der Waals surface area contributed by atoms with E-state index in [4.69, 9.17) is 4.74 Å². The van der Waals surface area contributed by atoms with Crippen LogP contribution in [0.1, 0.15) is 37.4 Å². The number of rotatable bonds is 3. The normalized spacial score (nSPS) is 29.8. The molecule has 0 amide bonds. The van der Waals surface area contributed by atoms with Gasteiger partial charge in [-0.1, -0.05) is 25.0 Å². The van der Waals surface area contributed by atoms with E-state index in [2.05, 4.69) is 10.1 Å². The SMILES string of the molecule is FC(F)Oc1ccc(C2CNC3CCCCC3CO2)cc1. The van der Waals surface area contributed by atoms with Gasteiger partial charge in [0.15, 0.2) is 0 Å². The van der Waals surface area contributed by atoms with Crippen molar-refractivity contribution < 1.29 is 18.3 Å². The van der Waals surface area contributed by atoms with Crippen LogP contribution in [0.2, 0.25) is 0 Å². The third kappa shape index (κ3) is 3.71. The van der Waals surface area contributed by atoms with Crippen molar-refractivity contribution in [2.45, 2.75) is 44.4 Å². The van der Waals surface area contributed by atoms with Crippen LogP contribution in [0.4, 0.5) is 8.78 Å². The van der Waals surface area contributed by atoms with Gasteiger partial charge in [0, 0.05) is 12.6 Å². The van der Waals surface area contributed by atoms with Crippen molar-refractivity contribution in [3.8, 4) is 5.75 Å². The summed E-state index contributed by atoms with van der Waals surface area (Å²) in [6, 6.07) is 7.31. The van der Waals surface area contributed by atoms with Crippen LogP contribution >= 0.6 is 0 Å². The Hall–Kier alpha value is -1.20. The molecule has 5 heteroatoms. The van der Waals surface area contributed by atoms with Crippen molar-refractivity contribution in [3.05, 3.63) is 29.8 Å². The van der Waals surface area contributed by atoms with E-state index in [0.717, 1.165) is 18.7 Å². The van der Waals surface area contributed by atoms with Crippen molar-refractivity contribution in [2.75, 3.05) is 13.2 Å². The molecule has 1 aliphatic carbocycles.